The lowest BCUT2D eigenvalue weighted by Crippen LogP contribution is -2.23. The van der Waals surface area contributed by atoms with Gasteiger partial charge in [0.2, 0.25) is 0 Å². The van der Waals surface area contributed by atoms with E-state index in [-0.39, 0.29) is 0 Å². The minimum absolute atomic E-state index is 1.07. The minimum atomic E-state index is 1.07. The molecule has 1 aromatic rings. The normalized spacial score (nSPS) is 19.5. The molecule has 1 aromatic heterocycles. The van der Waals surface area contributed by atoms with Gasteiger partial charge in [-0.15, -0.1) is 11.3 Å². The lowest BCUT2D eigenvalue weighted by molar-refractivity contribution is 0.276. The zero-order valence-electron chi connectivity index (χ0n) is 8.83. The van der Waals surface area contributed by atoms with Gasteiger partial charge in [-0.25, -0.2) is 4.98 Å². The van der Waals surface area contributed by atoms with Gasteiger partial charge in [0.05, 0.1) is 6.54 Å². The Balaban J connectivity index is 1.89. The maximum Gasteiger partial charge on any atom is 0.107 e. The molecule has 2 rings (SSSR count). The number of aryl methyl sites for hydroxylation is 1. The average molecular weight is 210 g/mol. The lowest BCUT2D eigenvalue weighted by atomic mass is 10.2. The quantitative estimate of drug-likeness (QED) is 0.746. The van der Waals surface area contributed by atoms with Crippen LogP contribution in [0.15, 0.2) is 6.20 Å². The molecule has 0 radical (unpaired) electrons. The van der Waals surface area contributed by atoms with E-state index in [0.29, 0.717) is 0 Å². The van der Waals surface area contributed by atoms with Crippen LogP contribution in [0.2, 0.25) is 0 Å². The summed E-state index contributed by atoms with van der Waals surface area (Å²) >= 11 is 1.84. The van der Waals surface area contributed by atoms with E-state index in [9.17, 15) is 0 Å². The third-order valence-corrected chi connectivity index (χ3v) is 3.62. The number of nitrogens with zero attached hydrogens (tertiary/aromatic N) is 2. The second kappa shape index (κ2) is 4.89. The van der Waals surface area contributed by atoms with Gasteiger partial charge in [0.1, 0.15) is 5.01 Å². The molecule has 14 heavy (non-hydrogen) atoms. The van der Waals surface area contributed by atoms with E-state index in [1.807, 2.05) is 17.5 Å². The van der Waals surface area contributed by atoms with Crippen LogP contribution in [0.1, 0.15) is 35.6 Å². The Labute approximate surface area is 90.0 Å². The van der Waals surface area contributed by atoms with Crippen molar-refractivity contribution in [2.75, 3.05) is 13.1 Å². The summed E-state index contributed by atoms with van der Waals surface area (Å²) in [6.45, 7) is 5.72. The van der Waals surface area contributed by atoms with Crippen molar-refractivity contribution in [3.63, 3.8) is 0 Å². The SMILES string of the molecule is Cc1cnc(CN2CCCCCC2)s1. The Kier molecular flexibility index (Phi) is 3.54. The lowest BCUT2D eigenvalue weighted by Gasteiger charge is -2.17. The molecule has 0 N–H and O–H groups in total. The molecule has 78 valence electrons. The highest BCUT2D eigenvalue weighted by molar-refractivity contribution is 7.11. The van der Waals surface area contributed by atoms with Gasteiger partial charge in [-0.2, -0.15) is 0 Å². The summed E-state index contributed by atoms with van der Waals surface area (Å²) in [7, 11) is 0. The monoisotopic (exact) mass is 210 g/mol. The summed E-state index contributed by atoms with van der Waals surface area (Å²) in [5, 5.41) is 1.28. The number of likely N-dealkylation sites (tertiary alicyclic amines) is 1. The van der Waals surface area contributed by atoms with Crippen molar-refractivity contribution in [1.29, 1.82) is 0 Å². The molecule has 2 nitrogen and oxygen atoms in total. The first-order valence-corrected chi connectivity index (χ1v) is 6.30. The summed E-state index contributed by atoms with van der Waals surface area (Å²) in [6, 6.07) is 0. The van der Waals surface area contributed by atoms with Crippen molar-refractivity contribution >= 4 is 11.3 Å². The highest BCUT2D eigenvalue weighted by Crippen LogP contribution is 2.16. The Morgan fingerprint density at radius 1 is 1.29 bits per heavy atom. The van der Waals surface area contributed by atoms with Gasteiger partial charge in [0.25, 0.3) is 0 Å². The second-order valence-electron chi connectivity index (χ2n) is 4.06. The third-order valence-electron chi connectivity index (χ3n) is 2.73. The van der Waals surface area contributed by atoms with E-state index in [4.69, 9.17) is 0 Å². The fourth-order valence-corrected chi connectivity index (χ4v) is 2.79. The standard InChI is InChI=1S/C11H18N2S/c1-10-8-12-11(14-10)9-13-6-4-2-3-5-7-13/h8H,2-7,9H2,1H3. The maximum atomic E-state index is 4.42. The Hall–Kier alpha value is -0.410. The van der Waals surface area contributed by atoms with Crippen LogP contribution in [0.4, 0.5) is 0 Å². The van der Waals surface area contributed by atoms with Crippen LogP contribution in [-0.4, -0.2) is 23.0 Å². The summed E-state index contributed by atoms with van der Waals surface area (Å²) in [6.07, 6.45) is 7.54. The molecule has 1 aliphatic rings. The zero-order chi connectivity index (χ0) is 9.80. The molecule has 0 spiro atoms. The highest BCUT2D eigenvalue weighted by atomic mass is 32.1. The minimum Gasteiger partial charge on any atom is -0.297 e. The fraction of sp³-hybridized carbons (Fsp3) is 0.727. The number of aromatic nitrogens is 1. The van der Waals surface area contributed by atoms with Crippen molar-refractivity contribution < 1.29 is 0 Å². The van der Waals surface area contributed by atoms with E-state index >= 15 is 0 Å². The molecule has 2 heterocycles. The predicted octanol–water partition coefficient (Wildman–Crippen LogP) is 2.83. The van der Waals surface area contributed by atoms with E-state index in [1.165, 1.54) is 48.7 Å². The Bertz CT molecular complexity index is 275. The first-order valence-electron chi connectivity index (χ1n) is 5.48. The van der Waals surface area contributed by atoms with Crippen LogP contribution >= 0.6 is 11.3 Å². The maximum absolute atomic E-state index is 4.42. The highest BCUT2D eigenvalue weighted by Gasteiger charge is 2.10. The largest absolute Gasteiger partial charge is 0.297 e. The van der Waals surface area contributed by atoms with Crippen molar-refractivity contribution in [3.8, 4) is 0 Å². The number of rotatable bonds is 2. The van der Waals surface area contributed by atoms with Crippen molar-refractivity contribution in [2.24, 2.45) is 0 Å². The molecule has 3 heteroatoms. The predicted molar refractivity (Wildman–Crippen MR) is 60.6 cm³/mol. The molecule has 0 aromatic carbocycles. The van der Waals surface area contributed by atoms with Crippen LogP contribution in [-0.2, 0) is 6.54 Å². The van der Waals surface area contributed by atoms with Crippen LogP contribution in [0.3, 0.4) is 0 Å². The summed E-state index contributed by atoms with van der Waals surface area (Å²) in [5.41, 5.74) is 0. The molecule has 0 saturated carbocycles. The molecule has 0 bridgehead atoms. The van der Waals surface area contributed by atoms with Gasteiger partial charge >= 0.3 is 0 Å². The van der Waals surface area contributed by atoms with Crippen molar-refractivity contribution in [2.45, 2.75) is 39.2 Å². The first kappa shape index (κ1) is 10.1. The van der Waals surface area contributed by atoms with Gasteiger partial charge in [0, 0.05) is 11.1 Å². The van der Waals surface area contributed by atoms with Gasteiger partial charge in [-0.3, -0.25) is 4.90 Å². The van der Waals surface area contributed by atoms with Gasteiger partial charge < -0.3 is 0 Å². The summed E-state index contributed by atoms with van der Waals surface area (Å²) in [5.74, 6) is 0. The van der Waals surface area contributed by atoms with E-state index in [1.54, 1.807) is 0 Å². The second-order valence-corrected chi connectivity index (χ2v) is 5.37. The molecule has 0 amide bonds. The molecule has 0 atom stereocenters. The number of hydrogen-bond acceptors (Lipinski definition) is 3. The number of thiazole rings is 1. The molecular formula is C11H18N2S. The molecule has 1 saturated heterocycles. The fourth-order valence-electron chi connectivity index (χ4n) is 1.96. The molecule has 0 aliphatic carbocycles. The third kappa shape index (κ3) is 2.79. The number of hydrogen-bond donors (Lipinski definition) is 0. The summed E-state index contributed by atoms with van der Waals surface area (Å²) < 4.78 is 0. The molecule has 1 aliphatic heterocycles. The van der Waals surface area contributed by atoms with Crippen LogP contribution < -0.4 is 0 Å². The Morgan fingerprint density at radius 3 is 2.57 bits per heavy atom. The van der Waals surface area contributed by atoms with E-state index in [0.717, 1.165) is 6.54 Å². The van der Waals surface area contributed by atoms with Gasteiger partial charge in [0.15, 0.2) is 0 Å². The topological polar surface area (TPSA) is 16.1 Å². The van der Waals surface area contributed by atoms with Gasteiger partial charge in [-0.1, -0.05) is 12.8 Å². The Morgan fingerprint density at radius 2 is 2.00 bits per heavy atom. The first-order chi connectivity index (χ1) is 6.84. The zero-order valence-corrected chi connectivity index (χ0v) is 9.65. The molecular weight excluding hydrogens is 192 g/mol. The molecule has 0 unspecified atom stereocenters. The van der Waals surface area contributed by atoms with Crippen molar-refractivity contribution in [3.05, 3.63) is 16.1 Å². The van der Waals surface area contributed by atoms with Gasteiger partial charge in [-0.05, 0) is 32.9 Å². The van der Waals surface area contributed by atoms with E-state index in [2.05, 4.69) is 16.8 Å². The van der Waals surface area contributed by atoms with Crippen LogP contribution in [0.5, 0.6) is 0 Å². The smallest absolute Gasteiger partial charge is 0.107 e. The van der Waals surface area contributed by atoms with E-state index < -0.39 is 0 Å². The van der Waals surface area contributed by atoms with Crippen molar-refractivity contribution in [1.82, 2.24) is 9.88 Å². The molecule has 1 fully saturated rings. The summed E-state index contributed by atoms with van der Waals surface area (Å²) in [4.78, 5) is 8.29. The van der Waals surface area contributed by atoms with Crippen LogP contribution in [0.25, 0.3) is 0 Å². The van der Waals surface area contributed by atoms with Crippen LogP contribution in [0, 0.1) is 6.92 Å². The average Bonchev–Trinajstić information content (AvgIpc) is 2.43.